The lowest BCUT2D eigenvalue weighted by atomic mass is 10.0. The second-order valence-corrected chi connectivity index (χ2v) is 5.93. The van der Waals surface area contributed by atoms with Crippen molar-refractivity contribution < 1.29 is 14.4 Å². The summed E-state index contributed by atoms with van der Waals surface area (Å²) in [7, 11) is 0. The van der Waals surface area contributed by atoms with Gasteiger partial charge in [-0.15, -0.1) is 0 Å². The zero-order valence-electron chi connectivity index (χ0n) is 14.8. The fraction of sp³-hybridized carbons (Fsp3) is 0.190. The number of hydrogen-bond acceptors (Lipinski definition) is 3. The number of ketones is 1. The first-order valence-corrected chi connectivity index (χ1v) is 8.38. The van der Waals surface area contributed by atoms with E-state index in [0.717, 1.165) is 6.41 Å². The number of hydrogen-bond donors (Lipinski definition) is 1. The van der Waals surface area contributed by atoms with Crippen LogP contribution in [0.2, 0.25) is 0 Å². The third-order valence-corrected chi connectivity index (χ3v) is 3.87. The lowest BCUT2D eigenvalue weighted by molar-refractivity contribution is -0.117. The zero-order chi connectivity index (χ0) is 18.9. The molecule has 0 aliphatic carbocycles. The molecule has 134 valence electrons. The monoisotopic (exact) mass is 350 g/mol. The van der Waals surface area contributed by atoms with Gasteiger partial charge in [0.2, 0.25) is 12.3 Å². The van der Waals surface area contributed by atoms with Crippen molar-refractivity contribution in [3.63, 3.8) is 0 Å². The van der Waals surface area contributed by atoms with Crippen LogP contribution in [0.25, 0.3) is 0 Å². The Morgan fingerprint density at radius 3 is 2.23 bits per heavy atom. The molecule has 1 N–H and O–H groups in total. The molecule has 5 heteroatoms. The van der Waals surface area contributed by atoms with Gasteiger partial charge in [-0.1, -0.05) is 36.9 Å². The minimum absolute atomic E-state index is 0.0580. The molecule has 2 aromatic carbocycles. The molecule has 0 saturated carbocycles. The van der Waals surface area contributed by atoms with E-state index in [9.17, 15) is 14.4 Å². The van der Waals surface area contributed by atoms with Crippen LogP contribution in [0.4, 0.5) is 5.69 Å². The highest BCUT2D eigenvalue weighted by Gasteiger charge is 2.10. The number of nitrogens with zero attached hydrogens (tertiary/aromatic N) is 1. The molecule has 0 heterocycles. The van der Waals surface area contributed by atoms with Crippen LogP contribution in [0.3, 0.4) is 0 Å². The Kier molecular flexibility index (Phi) is 6.85. The van der Waals surface area contributed by atoms with Gasteiger partial charge in [0, 0.05) is 35.5 Å². The molecular weight excluding hydrogens is 328 g/mol. The van der Waals surface area contributed by atoms with Crippen LogP contribution >= 0.6 is 0 Å². The van der Waals surface area contributed by atoms with Crippen molar-refractivity contribution in [1.29, 1.82) is 0 Å². The van der Waals surface area contributed by atoms with Gasteiger partial charge in [-0.2, -0.15) is 0 Å². The predicted molar refractivity (Wildman–Crippen MR) is 102 cm³/mol. The van der Waals surface area contributed by atoms with E-state index in [1.807, 2.05) is 18.2 Å². The molecule has 0 aliphatic rings. The van der Waals surface area contributed by atoms with Gasteiger partial charge in [-0.25, -0.2) is 0 Å². The first-order valence-electron chi connectivity index (χ1n) is 8.38. The maximum atomic E-state index is 12.4. The van der Waals surface area contributed by atoms with Crippen LogP contribution in [0, 0.1) is 0 Å². The SMILES string of the molecule is C=C(C)C(=O)NCCCN(C=O)c1ccc(C(=O)c2ccccc2)cc1. The van der Waals surface area contributed by atoms with Gasteiger partial charge < -0.3 is 10.2 Å². The second-order valence-electron chi connectivity index (χ2n) is 5.93. The van der Waals surface area contributed by atoms with E-state index in [1.54, 1.807) is 48.2 Å². The molecule has 0 aromatic heterocycles. The Hall–Kier alpha value is -3.21. The first-order chi connectivity index (χ1) is 12.5. The van der Waals surface area contributed by atoms with Gasteiger partial charge in [0.15, 0.2) is 5.78 Å². The Balaban J connectivity index is 1.95. The lowest BCUT2D eigenvalue weighted by Crippen LogP contribution is -2.29. The van der Waals surface area contributed by atoms with E-state index < -0.39 is 0 Å². The van der Waals surface area contributed by atoms with Gasteiger partial charge in [-0.3, -0.25) is 14.4 Å². The van der Waals surface area contributed by atoms with Gasteiger partial charge in [0.05, 0.1) is 0 Å². The van der Waals surface area contributed by atoms with E-state index in [2.05, 4.69) is 11.9 Å². The van der Waals surface area contributed by atoms with Crippen LogP contribution in [-0.4, -0.2) is 31.2 Å². The third kappa shape index (κ3) is 5.14. The molecule has 0 fully saturated rings. The van der Waals surface area contributed by atoms with Crippen molar-refractivity contribution in [1.82, 2.24) is 5.32 Å². The Morgan fingerprint density at radius 2 is 1.65 bits per heavy atom. The number of anilines is 1. The summed E-state index contributed by atoms with van der Waals surface area (Å²) in [6.07, 6.45) is 1.36. The van der Waals surface area contributed by atoms with Crippen molar-refractivity contribution >= 4 is 23.8 Å². The van der Waals surface area contributed by atoms with E-state index in [-0.39, 0.29) is 11.7 Å². The number of rotatable bonds is 9. The molecule has 0 bridgehead atoms. The summed E-state index contributed by atoms with van der Waals surface area (Å²) in [5, 5.41) is 2.73. The number of nitrogens with one attached hydrogen (secondary N) is 1. The zero-order valence-corrected chi connectivity index (χ0v) is 14.8. The maximum Gasteiger partial charge on any atom is 0.246 e. The van der Waals surface area contributed by atoms with Crippen LogP contribution < -0.4 is 10.2 Å². The van der Waals surface area contributed by atoms with Crippen molar-refractivity contribution in [3.8, 4) is 0 Å². The summed E-state index contributed by atoms with van der Waals surface area (Å²) in [6.45, 7) is 6.14. The van der Waals surface area contributed by atoms with Crippen molar-refractivity contribution in [2.24, 2.45) is 0 Å². The largest absolute Gasteiger partial charge is 0.352 e. The molecule has 0 unspecified atom stereocenters. The summed E-state index contributed by atoms with van der Waals surface area (Å²) in [4.78, 5) is 36.7. The molecule has 0 aliphatic heterocycles. The molecule has 2 rings (SSSR count). The van der Waals surface area contributed by atoms with Crippen molar-refractivity contribution in [2.45, 2.75) is 13.3 Å². The quantitative estimate of drug-likeness (QED) is 0.327. The molecule has 26 heavy (non-hydrogen) atoms. The fourth-order valence-corrected chi connectivity index (χ4v) is 2.41. The Morgan fingerprint density at radius 1 is 1.04 bits per heavy atom. The highest BCUT2D eigenvalue weighted by molar-refractivity contribution is 6.09. The van der Waals surface area contributed by atoms with Gasteiger partial charge in [-0.05, 0) is 37.6 Å². The standard InChI is InChI=1S/C21H22N2O3/c1-16(2)21(26)22-13-6-14-23(15-24)19-11-9-18(10-12-19)20(25)17-7-4-3-5-8-17/h3-5,7-12,15H,1,6,13-14H2,2H3,(H,22,26). The van der Waals surface area contributed by atoms with Crippen molar-refractivity contribution in [3.05, 3.63) is 77.9 Å². The predicted octanol–water partition coefficient (Wildman–Crippen LogP) is 2.96. The third-order valence-electron chi connectivity index (χ3n) is 3.87. The number of carbonyl (C=O) groups excluding carboxylic acids is 3. The molecule has 2 amide bonds. The Bertz CT molecular complexity index is 783. The first kappa shape index (κ1) is 19.1. The summed E-state index contributed by atoms with van der Waals surface area (Å²) in [5.74, 6) is -0.247. The van der Waals surface area contributed by atoms with E-state index in [1.165, 1.54) is 0 Å². The van der Waals surface area contributed by atoms with Gasteiger partial charge in [0.25, 0.3) is 0 Å². The summed E-state index contributed by atoms with van der Waals surface area (Å²) >= 11 is 0. The second kappa shape index (κ2) is 9.32. The summed E-state index contributed by atoms with van der Waals surface area (Å²) in [5.41, 5.74) is 2.35. The van der Waals surface area contributed by atoms with Gasteiger partial charge in [0.1, 0.15) is 0 Å². The topological polar surface area (TPSA) is 66.5 Å². The number of carbonyl (C=O) groups is 3. The van der Waals surface area contributed by atoms with Crippen LogP contribution in [0.1, 0.15) is 29.3 Å². The minimum atomic E-state index is -0.188. The minimum Gasteiger partial charge on any atom is -0.352 e. The molecule has 0 atom stereocenters. The fourth-order valence-electron chi connectivity index (χ4n) is 2.41. The van der Waals surface area contributed by atoms with Crippen LogP contribution in [0.15, 0.2) is 66.7 Å². The average molecular weight is 350 g/mol. The molecule has 2 aromatic rings. The highest BCUT2D eigenvalue weighted by Crippen LogP contribution is 2.17. The van der Waals surface area contributed by atoms with E-state index in [4.69, 9.17) is 0 Å². The van der Waals surface area contributed by atoms with E-state index >= 15 is 0 Å². The van der Waals surface area contributed by atoms with Crippen molar-refractivity contribution in [2.75, 3.05) is 18.0 Å². The molecule has 0 saturated heterocycles. The molecule has 0 spiro atoms. The molecule has 5 nitrogen and oxygen atoms in total. The van der Waals surface area contributed by atoms with Gasteiger partial charge >= 0.3 is 0 Å². The number of benzene rings is 2. The maximum absolute atomic E-state index is 12.4. The normalized spacial score (nSPS) is 10.0. The summed E-state index contributed by atoms with van der Waals surface area (Å²) in [6, 6.07) is 16.0. The van der Waals surface area contributed by atoms with E-state index in [0.29, 0.717) is 41.9 Å². The number of amides is 2. The average Bonchev–Trinajstić information content (AvgIpc) is 2.68. The van der Waals surface area contributed by atoms with Crippen LogP contribution in [-0.2, 0) is 9.59 Å². The molecule has 0 radical (unpaired) electrons. The molecular formula is C21H22N2O3. The Labute approximate surface area is 153 Å². The van der Waals surface area contributed by atoms with Crippen LogP contribution in [0.5, 0.6) is 0 Å². The smallest absolute Gasteiger partial charge is 0.246 e. The summed E-state index contributed by atoms with van der Waals surface area (Å²) < 4.78 is 0. The highest BCUT2D eigenvalue weighted by atomic mass is 16.2. The lowest BCUT2D eigenvalue weighted by Gasteiger charge is -2.18.